The number of nitrogens with zero attached hydrogens (tertiary/aromatic N) is 2. The van der Waals surface area contributed by atoms with Gasteiger partial charge in [0.15, 0.2) is 17.4 Å². The van der Waals surface area contributed by atoms with Gasteiger partial charge in [0.05, 0.1) is 6.61 Å². The van der Waals surface area contributed by atoms with E-state index in [-0.39, 0.29) is 12.4 Å². The highest BCUT2D eigenvalue weighted by Crippen LogP contribution is 2.24. The summed E-state index contributed by atoms with van der Waals surface area (Å²) >= 11 is 0. The van der Waals surface area contributed by atoms with Crippen LogP contribution in [-0.4, -0.2) is 56.2 Å². The average molecular weight is 298 g/mol. The first-order chi connectivity index (χ1) is 10.1. The van der Waals surface area contributed by atoms with Crippen LogP contribution in [0.5, 0.6) is 5.75 Å². The Labute approximate surface area is 125 Å². The molecule has 0 N–H and O–H groups in total. The highest BCUT2D eigenvalue weighted by Gasteiger charge is 2.14. The summed E-state index contributed by atoms with van der Waals surface area (Å²) in [7, 11) is 2.13. The molecule has 1 heterocycles. The molecule has 1 fully saturated rings. The lowest BCUT2D eigenvalue weighted by Gasteiger charge is -2.32. The molecule has 1 aliphatic rings. The number of hydrogen-bond acceptors (Lipinski definition) is 3. The minimum absolute atomic E-state index is 0.261. The summed E-state index contributed by atoms with van der Waals surface area (Å²) in [6.45, 7) is 7.27. The third kappa shape index (κ3) is 4.64. The molecule has 0 amide bonds. The summed E-state index contributed by atoms with van der Waals surface area (Å²) in [6.07, 6.45) is 1.60. The van der Waals surface area contributed by atoms with Crippen LogP contribution in [-0.2, 0) is 6.42 Å². The first-order valence-electron chi connectivity index (χ1n) is 7.61. The van der Waals surface area contributed by atoms with E-state index in [9.17, 15) is 8.78 Å². The van der Waals surface area contributed by atoms with Crippen LogP contribution in [0.25, 0.3) is 0 Å². The predicted molar refractivity (Wildman–Crippen MR) is 79.8 cm³/mol. The van der Waals surface area contributed by atoms with Gasteiger partial charge in [-0.1, -0.05) is 0 Å². The molecule has 0 saturated carbocycles. The van der Waals surface area contributed by atoms with Crippen molar-refractivity contribution in [3.8, 4) is 5.75 Å². The fraction of sp³-hybridized carbons (Fsp3) is 0.625. The molecule has 0 bridgehead atoms. The second-order valence-corrected chi connectivity index (χ2v) is 5.57. The summed E-state index contributed by atoms with van der Waals surface area (Å²) < 4.78 is 32.5. The van der Waals surface area contributed by atoms with E-state index in [0.717, 1.165) is 39.1 Å². The van der Waals surface area contributed by atoms with Gasteiger partial charge >= 0.3 is 0 Å². The van der Waals surface area contributed by atoms with Gasteiger partial charge in [0.1, 0.15) is 0 Å². The van der Waals surface area contributed by atoms with E-state index in [4.69, 9.17) is 4.74 Å². The molecule has 21 heavy (non-hydrogen) atoms. The van der Waals surface area contributed by atoms with Gasteiger partial charge in [0.25, 0.3) is 0 Å². The van der Waals surface area contributed by atoms with Crippen molar-refractivity contribution >= 4 is 0 Å². The maximum atomic E-state index is 13.7. The minimum atomic E-state index is -0.605. The van der Waals surface area contributed by atoms with Crippen molar-refractivity contribution in [2.45, 2.75) is 19.8 Å². The Morgan fingerprint density at radius 2 is 1.71 bits per heavy atom. The summed E-state index contributed by atoms with van der Waals surface area (Å²) in [6, 6.07) is 2.77. The smallest absolute Gasteiger partial charge is 0.190 e. The van der Waals surface area contributed by atoms with Crippen molar-refractivity contribution in [2.75, 3.05) is 46.4 Å². The number of piperazine rings is 1. The van der Waals surface area contributed by atoms with E-state index >= 15 is 0 Å². The molecule has 0 spiro atoms. The lowest BCUT2D eigenvalue weighted by atomic mass is 10.1. The molecule has 118 valence electrons. The lowest BCUT2D eigenvalue weighted by Crippen LogP contribution is -2.44. The predicted octanol–water partition coefficient (Wildman–Crippen LogP) is 2.54. The van der Waals surface area contributed by atoms with Gasteiger partial charge < -0.3 is 14.5 Å². The van der Waals surface area contributed by atoms with Crippen molar-refractivity contribution < 1.29 is 13.5 Å². The maximum Gasteiger partial charge on any atom is 0.190 e. The highest BCUT2D eigenvalue weighted by molar-refractivity contribution is 5.31. The third-order valence-corrected chi connectivity index (χ3v) is 3.88. The number of benzene rings is 1. The fourth-order valence-electron chi connectivity index (χ4n) is 2.62. The second kappa shape index (κ2) is 7.71. The molecule has 5 heteroatoms. The molecule has 0 radical (unpaired) electrons. The molecule has 0 aromatic heterocycles. The van der Waals surface area contributed by atoms with E-state index in [1.54, 1.807) is 6.92 Å². The normalized spacial score (nSPS) is 17.1. The lowest BCUT2D eigenvalue weighted by molar-refractivity contribution is 0.153. The van der Waals surface area contributed by atoms with Crippen molar-refractivity contribution in [3.05, 3.63) is 29.3 Å². The molecule has 3 nitrogen and oxygen atoms in total. The molecule has 1 aromatic rings. The Balaban J connectivity index is 1.83. The quantitative estimate of drug-likeness (QED) is 0.803. The first-order valence-corrected chi connectivity index (χ1v) is 7.61. The van der Waals surface area contributed by atoms with E-state index < -0.39 is 11.6 Å². The van der Waals surface area contributed by atoms with Gasteiger partial charge in [-0.15, -0.1) is 0 Å². The summed E-state index contributed by atoms with van der Waals surface area (Å²) in [4.78, 5) is 4.72. The number of rotatable bonds is 6. The van der Waals surface area contributed by atoms with Crippen molar-refractivity contribution in [3.63, 3.8) is 0 Å². The fourth-order valence-corrected chi connectivity index (χ4v) is 2.62. The highest BCUT2D eigenvalue weighted by atomic mass is 19.1. The SMILES string of the molecule is CCOc1c(F)cc(CCCN2CCN(C)CC2)cc1F. The topological polar surface area (TPSA) is 15.7 Å². The van der Waals surface area contributed by atoms with Gasteiger partial charge in [0, 0.05) is 26.2 Å². The minimum Gasteiger partial charge on any atom is -0.488 e. The summed E-state index contributed by atoms with van der Waals surface area (Å²) in [5.41, 5.74) is 0.697. The Hall–Kier alpha value is -1.20. The average Bonchev–Trinajstić information content (AvgIpc) is 2.45. The molecule has 2 rings (SSSR count). The summed E-state index contributed by atoms with van der Waals surface area (Å²) in [5, 5.41) is 0. The van der Waals surface area contributed by atoms with Crippen LogP contribution in [0.1, 0.15) is 18.9 Å². The van der Waals surface area contributed by atoms with E-state index in [1.807, 2.05) is 0 Å². The Morgan fingerprint density at radius 3 is 2.29 bits per heavy atom. The second-order valence-electron chi connectivity index (χ2n) is 5.57. The van der Waals surface area contributed by atoms with Gasteiger partial charge in [-0.2, -0.15) is 0 Å². The zero-order valence-corrected chi connectivity index (χ0v) is 12.9. The number of aryl methyl sites for hydroxylation is 1. The van der Waals surface area contributed by atoms with Crippen LogP contribution in [0.2, 0.25) is 0 Å². The Morgan fingerprint density at radius 1 is 1.10 bits per heavy atom. The molecule has 1 aliphatic heterocycles. The van der Waals surface area contributed by atoms with Crippen molar-refractivity contribution in [1.29, 1.82) is 0 Å². The molecule has 0 aliphatic carbocycles. The molecular formula is C16H24F2N2O. The van der Waals surface area contributed by atoms with Gasteiger partial charge in [-0.05, 0) is 51.1 Å². The van der Waals surface area contributed by atoms with Gasteiger partial charge in [-0.25, -0.2) is 8.78 Å². The van der Waals surface area contributed by atoms with Crippen molar-refractivity contribution in [2.24, 2.45) is 0 Å². The summed E-state index contributed by atoms with van der Waals surface area (Å²) in [5.74, 6) is -1.47. The zero-order valence-electron chi connectivity index (χ0n) is 12.9. The number of halogens is 2. The molecular weight excluding hydrogens is 274 g/mol. The van der Waals surface area contributed by atoms with E-state index in [2.05, 4.69) is 16.8 Å². The largest absolute Gasteiger partial charge is 0.488 e. The monoisotopic (exact) mass is 298 g/mol. The van der Waals surface area contributed by atoms with E-state index in [1.165, 1.54) is 12.1 Å². The Kier molecular flexibility index (Phi) is 5.94. The number of hydrogen-bond donors (Lipinski definition) is 0. The standard InChI is InChI=1S/C16H24F2N2O/c1-3-21-16-14(17)11-13(12-15(16)18)5-4-6-20-9-7-19(2)8-10-20/h11-12H,3-10H2,1-2H3. The van der Waals surface area contributed by atoms with Gasteiger partial charge in [0.2, 0.25) is 0 Å². The first kappa shape index (κ1) is 16.2. The zero-order chi connectivity index (χ0) is 15.2. The molecule has 1 aromatic carbocycles. The van der Waals surface area contributed by atoms with Crippen LogP contribution >= 0.6 is 0 Å². The number of ether oxygens (including phenoxy) is 1. The van der Waals surface area contributed by atoms with Crippen LogP contribution in [0.3, 0.4) is 0 Å². The van der Waals surface area contributed by atoms with Crippen molar-refractivity contribution in [1.82, 2.24) is 9.80 Å². The van der Waals surface area contributed by atoms with Gasteiger partial charge in [-0.3, -0.25) is 0 Å². The van der Waals surface area contributed by atoms with Crippen LogP contribution in [0.15, 0.2) is 12.1 Å². The van der Waals surface area contributed by atoms with Crippen LogP contribution < -0.4 is 4.74 Å². The molecule has 1 saturated heterocycles. The number of likely N-dealkylation sites (N-methyl/N-ethyl adjacent to an activating group) is 1. The Bertz CT molecular complexity index is 437. The van der Waals surface area contributed by atoms with E-state index in [0.29, 0.717) is 12.0 Å². The van der Waals surface area contributed by atoms with Crippen LogP contribution in [0.4, 0.5) is 8.78 Å². The maximum absolute atomic E-state index is 13.7. The molecule has 0 unspecified atom stereocenters. The van der Waals surface area contributed by atoms with Crippen LogP contribution in [0, 0.1) is 11.6 Å². The molecule has 0 atom stereocenters. The third-order valence-electron chi connectivity index (χ3n) is 3.88.